The van der Waals surface area contributed by atoms with E-state index in [0.717, 1.165) is 11.3 Å². The summed E-state index contributed by atoms with van der Waals surface area (Å²) in [6.07, 6.45) is 3.64. The van der Waals surface area contributed by atoms with Crippen LogP contribution >= 0.6 is 15.9 Å². The number of methoxy groups -OCH3 is 1. The van der Waals surface area contributed by atoms with Crippen LogP contribution in [0.1, 0.15) is 31.6 Å². The summed E-state index contributed by atoms with van der Waals surface area (Å²) in [6, 6.07) is 5.86. The SMILES string of the molecule is CC[C@H](C)Oc1c(Br)cc(/C=C2\C(=O)NC(=O)N(Cc3ccco3)C2=O)cc1OC. The number of barbiturate groups is 1. The fraction of sp³-hybridized carbons (Fsp3) is 0.286. The molecule has 0 bridgehead atoms. The fourth-order valence-corrected chi connectivity index (χ4v) is 3.34. The average molecular weight is 477 g/mol. The van der Waals surface area contributed by atoms with Gasteiger partial charge < -0.3 is 13.9 Å². The molecule has 2 aromatic rings. The first kappa shape index (κ1) is 21.6. The predicted octanol–water partition coefficient (Wildman–Crippen LogP) is 3.89. The van der Waals surface area contributed by atoms with E-state index in [0.29, 0.717) is 27.3 Å². The van der Waals surface area contributed by atoms with E-state index in [1.54, 1.807) is 24.3 Å². The number of ether oxygens (including phenoxy) is 2. The van der Waals surface area contributed by atoms with E-state index in [1.807, 2.05) is 13.8 Å². The van der Waals surface area contributed by atoms with Crippen molar-refractivity contribution in [2.45, 2.75) is 32.9 Å². The molecule has 0 radical (unpaired) electrons. The number of furan rings is 1. The molecule has 0 spiro atoms. The molecule has 1 aromatic carbocycles. The van der Waals surface area contributed by atoms with Crippen LogP contribution < -0.4 is 14.8 Å². The Morgan fingerprint density at radius 2 is 2.07 bits per heavy atom. The maximum absolute atomic E-state index is 12.8. The lowest BCUT2D eigenvalue weighted by atomic mass is 10.1. The molecule has 1 atom stereocenters. The zero-order valence-electron chi connectivity index (χ0n) is 16.7. The van der Waals surface area contributed by atoms with Gasteiger partial charge in [0.1, 0.15) is 11.3 Å². The molecule has 1 N–H and O–H groups in total. The highest BCUT2D eigenvalue weighted by atomic mass is 79.9. The van der Waals surface area contributed by atoms with Crippen molar-refractivity contribution in [1.82, 2.24) is 10.2 Å². The molecule has 1 aliphatic rings. The largest absolute Gasteiger partial charge is 0.493 e. The number of carbonyl (C=O) groups is 3. The molecule has 0 unspecified atom stereocenters. The van der Waals surface area contributed by atoms with Gasteiger partial charge in [0.25, 0.3) is 11.8 Å². The number of rotatable bonds is 7. The number of nitrogens with zero attached hydrogens (tertiary/aromatic N) is 1. The number of nitrogens with one attached hydrogen (secondary N) is 1. The normalized spacial score (nSPS) is 16.6. The maximum atomic E-state index is 12.8. The molecule has 1 saturated heterocycles. The monoisotopic (exact) mass is 476 g/mol. The topological polar surface area (TPSA) is 98.1 Å². The standard InChI is InChI=1S/C21H21BrN2O6/c1-4-12(2)30-18-16(22)9-13(10-17(18)28-3)8-15-19(25)23-21(27)24(20(15)26)11-14-6-5-7-29-14/h5-10,12H,4,11H2,1-3H3,(H,23,25,27)/b15-8+/t12-/m0/s1. The quantitative estimate of drug-likeness (QED) is 0.480. The van der Waals surface area contributed by atoms with Crippen LogP contribution in [0.5, 0.6) is 11.5 Å². The first-order chi connectivity index (χ1) is 14.3. The van der Waals surface area contributed by atoms with Crippen molar-refractivity contribution >= 4 is 39.9 Å². The van der Waals surface area contributed by atoms with Crippen LogP contribution in [0.2, 0.25) is 0 Å². The molecule has 0 saturated carbocycles. The average Bonchev–Trinajstić information content (AvgIpc) is 3.23. The van der Waals surface area contributed by atoms with Gasteiger partial charge >= 0.3 is 6.03 Å². The van der Waals surface area contributed by atoms with Crippen LogP contribution in [0.15, 0.2) is 45.0 Å². The summed E-state index contributed by atoms with van der Waals surface area (Å²) in [5.74, 6) is -0.0826. The van der Waals surface area contributed by atoms with E-state index in [1.165, 1.54) is 19.4 Å². The number of carbonyl (C=O) groups excluding carboxylic acids is 3. The highest BCUT2D eigenvalue weighted by Gasteiger charge is 2.36. The molecule has 1 aliphatic heterocycles. The van der Waals surface area contributed by atoms with Crippen LogP contribution in [0.3, 0.4) is 0 Å². The molecule has 30 heavy (non-hydrogen) atoms. The summed E-state index contributed by atoms with van der Waals surface area (Å²) in [5, 5.41) is 2.18. The minimum absolute atomic E-state index is 0.0220. The zero-order valence-corrected chi connectivity index (χ0v) is 18.3. The van der Waals surface area contributed by atoms with E-state index in [2.05, 4.69) is 21.2 Å². The van der Waals surface area contributed by atoms with Gasteiger partial charge in [-0.1, -0.05) is 6.92 Å². The summed E-state index contributed by atoms with van der Waals surface area (Å²) in [6.45, 7) is 3.86. The van der Waals surface area contributed by atoms with Crippen molar-refractivity contribution in [1.29, 1.82) is 0 Å². The molecule has 4 amide bonds. The maximum Gasteiger partial charge on any atom is 0.331 e. The first-order valence-electron chi connectivity index (χ1n) is 9.29. The van der Waals surface area contributed by atoms with Gasteiger partial charge in [0.2, 0.25) is 0 Å². The van der Waals surface area contributed by atoms with Crippen LogP contribution in [0, 0.1) is 0 Å². The van der Waals surface area contributed by atoms with E-state index < -0.39 is 17.8 Å². The number of hydrogen-bond donors (Lipinski definition) is 1. The minimum atomic E-state index is -0.797. The first-order valence-corrected chi connectivity index (χ1v) is 10.1. The summed E-state index contributed by atoms with van der Waals surface area (Å²) >= 11 is 3.46. The Morgan fingerprint density at radius 1 is 1.30 bits per heavy atom. The van der Waals surface area contributed by atoms with Gasteiger partial charge in [-0.3, -0.25) is 19.8 Å². The van der Waals surface area contributed by atoms with Crippen molar-refractivity contribution in [2.75, 3.05) is 7.11 Å². The number of hydrogen-bond acceptors (Lipinski definition) is 6. The van der Waals surface area contributed by atoms with Gasteiger partial charge in [0, 0.05) is 0 Å². The second-order valence-corrected chi connectivity index (χ2v) is 7.51. The second-order valence-electron chi connectivity index (χ2n) is 6.66. The second kappa shape index (κ2) is 9.17. The number of benzene rings is 1. The summed E-state index contributed by atoms with van der Waals surface area (Å²) < 4.78 is 17.1. The molecule has 158 valence electrons. The van der Waals surface area contributed by atoms with Gasteiger partial charge in [-0.25, -0.2) is 4.79 Å². The third kappa shape index (κ3) is 4.56. The van der Waals surface area contributed by atoms with Crippen LogP contribution in [0.4, 0.5) is 4.79 Å². The zero-order chi connectivity index (χ0) is 21.8. The van der Waals surface area contributed by atoms with E-state index in [-0.39, 0.29) is 18.2 Å². The van der Waals surface area contributed by atoms with E-state index >= 15 is 0 Å². The van der Waals surface area contributed by atoms with Gasteiger partial charge in [-0.15, -0.1) is 0 Å². The lowest BCUT2D eigenvalue weighted by molar-refractivity contribution is -0.130. The summed E-state index contributed by atoms with van der Waals surface area (Å²) in [4.78, 5) is 38.2. The number of urea groups is 1. The lowest BCUT2D eigenvalue weighted by Gasteiger charge is -2.25. The third-order valence-corrected chi connectivity index (χ3v) is 5.13. The van der Waals surface area contributed by atoms with Crippen molar-refractivity contribution in [3.05, 3.63) is 51.9 Å². The van der Waals surface area contributed by atoms with E-state index in [9.17, 15) is 14.4 Å². The molecule has 1 fully saturated rings. The van der Waals surface area contributed by atoms with Crippen molar-refractivity contribution in [2.24, 2.45) is 0 Å². The molecule has 0 aliphatic carbocycles. The molecule has 3 rings (SSSR count). The molecular weight excluding hydrogens is 456 g/mol. The fourth-order valence-electron chi connectivity index (χ4n) is 2.78. The van der Waals surface area contributed by atoms with Crippen molar-refractivity contribution < 1.29 is 28.3 Å². The Kier molecular flexibility index (Phi) is 6.61. The van der Waals surface area contributed by atoms with Crippen LogP contribution in [-0.2, 0) is 16.1 Å². The summed E-state index contributed by atoms with van der Waals surface area (Å²) in [5.41, 5.74) is 0.353. The van der Waals surface area contributed by atoms with Gasteiger partial charge in [-0.2, -0.15) is 0 Å². The van der Waals surface area contributed by atoms with Gasteiger partial charge in [0.15, 0.2) is 11.5 Å². The highest BCUT2D eigenvalue weighted by Crippen LogP contribution is 2.38. The Balaban J connectivity index is 1.94. The van der Waals surface area contributed by atoms with Crippen LogP contribution in [0.25, 0.3) is 6.08 Å². The predicted molar refractivity (Wildman–Crippen MR) is 112 cm³/mol. The minimum Gasteiger partial charge on any atom is -0.493 e. The lowest BCUT2D eigenvalue weighted by Crippen LogP contribution is -2.53. The third-order valence-electron chi connectivity index (χ3n) is 4.54. The molecule has 9 heteroatoms. The van der Waals surface area contributed by atoms with Gasteiger partial charge in [0.05, 0.1) is 30.5 Å². The van der Waals surface area contributed by atoms with Crippen LogP contribution in [-0.4, -0.2) is 36.0 Å². The Morgan fingerprint density at radius 3 is 2.70 bits per heavy atom. The van der Waals surface area contributed by atoms with Crippen molar-refractivity contribution in [3.8, 4) is 11.5 Å². The molecule has 1 aromatic heterocycles. The Bertz CT molecular complexity index is 999. The molecular formula is C21H21BrN2O6. The Hall–Kier alpha value is -3.07. The Labute approximate surface area is 181 Å². The molecule has 2 heterocycles. The molecule has 8 nitrogen and oxygen atoms in total. The number of imide groups is 2. The summed E-state index contributed by atoms with van der Waals surface area (Å²) in [7, 11) is 1.50. The van der Waals surface area contributed by atoms with Gasteiger partial charge in [-0.05, 0) is 65.2 Å². The van der Waals surface area contributed by atoms with Crippen molar-refractivity contribution in [3.63, 3.8) is 0 Å². The number of halogens is 1. The van der Waals surface area contributed by atoms with E-state index in [4.69, 9.17) is 13.9 Å². The number of amides is 4. The smallest absolute Gasteiger partial charge is 0.331 e. The highest BCUT2D eigenvalue weighted by molar-refractivity contribution is 9.10.